The number of aliphatic hydroxyl groups is 1. The van der Waals surface area contributed by atoms with Crippen LogP contribution in [0.4, 0.5) is 0 Å². The van der Waals surface area contributed by atoms with Crippen LogP contribution >= 0.6 is 0 Å². The Morgan fingerprint density at radius 2 is 1.30 bits per heavy atom. The summed E-state index contributed by atoms with van der Waals surface area (Å²) >= 11 is 0. The Balaban J connectivity index is 1.69. The van der Waals surface area contributed by atoms with Crippen molar-refractivity contribution in [2.24, 2.45) is 17.8 Å². The zero-order chi connectivity index (χ0) is 33.7. The van der Waals surface area contributed by atoms with Crippen molar-refractivity contribution in [3.8, 4) is 0 Å². The largest absolute Gasteiger partial charge is 0.407 e. The van der Waals surface area contributed by atoms with Gasteiger partial charge >= 0.3 is 0 Å². The van der Waals surface area contributed by atoms with Crippen LogP contribution in [-0.4, -0.2) is 59.2 Å². The summed E-state index contributed by atoms with van der Waals surface area (Å²) in [6, 6.07) is 31.5. The van der Waals surface area contributed by atoms with Crippen LogP contribution in [0.25, 0.3) is 0 Å². The van der Waals surface area contributed by atoms with Crippen LogP contribution in [0.2, 0.25) is 5.04 Å². The van der Waals surface area contributed by atoms with E-state index in [-0.39, 0.29) is 29.1 Å². The fraction of sp³-hybridized carbons (Fsp3) is 0.500. The Kier molecular flexibility index (Phi) is 14.9. The van der Waals surface area contributed by atoms with Gasteiger partial charge < -0.3 is 23.7 Å². The lowest BCUT2D eigenvalue weighted by atomic mass is 9.89. The molecular weight excluding hydrogens is 589 g/mol. The van der Waals surface area contributed by atoms with E-state index in [0.717, 1.165) is 12.0 Å². The van der Waals surface area contributed by atoms with E-state index < -0.39 is 14.4 Å². The Morgan fingerprint density at radius 1 is 0.783 bits per heavy atom. The first-order valence-corrected chi connectivity index (χ1v) is 18.6. The van der Waals surface area contributed by atoms with Crippen molar-refractivity contribution in [2.75, 3.05) is 27.4 Å². The number of rotatable bonds is 18. The molecule has 3 rings (SSSR count). The molecule has 6 atom stereocenters. The highest BCUT2D eigenvalue weighted by atomic mass is 28.4. The van der Waals surface area contributed by atoms with Crippen molar-refractivity contribution in [2.45, 2.75) is 84.8 Å². The number of hydrogen-bond donors (Lipinski definition) is 1. The molecule has 0 aromatic heterocycles. The minimum Gasteiger partial charge on any atom is -0.407 e. The van der Waals surface area contributed by atoms with Crippen molar-refractivity contribution in [3.05, 3.63) is 108 Å². The predicted octanol–water partition coefficient (Wildman–Crippen LogP) is 7.42. The summed E-state index contributed by atoms with van der Waals surface area (Å²) in [7, 11) is 0.796. The van der Waals surface area contributed by atoms with E-state index in [0.29, 0.717) is 25.7 Å². The van der Waals surface area contributed by atoms with E-state index in [1.807, 2.05) is 25.1 Å². The van der Waals surface area contributed by atoms with Gasteiger partial charge in [0.2, 0.25) is 0 Å². The summed E-state index contributed by atoms with van der Waals surface area (Å²) in [6.45, 7) is 16.9. The van der Waals surface area contributed by atoms with E-state index in [4.69, 9.17) is 18.6 Å². The Morgan fingerprint density at radius 3 is 1.78 bits per heavy atom. The summed E-state index contributed by atoms with van der Waals surface area (Å²) in [5.41, 5.74) is 2.09. The Hall–Kier alpha value is -2.58. The molecule has 0 spiro atoms. The fourth-order valence-corrected chi connectivity index (χ4v) is 11.3. The second-order valence-electron chi connectivity index (χ2n) is 14.0. The lowest BCUT2D eigenvalue weighted by Crippen LogP contribution is -2.67. The number of methoxy groups -OCH3 is 2. The molecule has 252 valence electrons. The molecule has 0 unspecified atom stereocenters. The molecule has 46 heavy (non-hydrogen) atoms. The third kappa shape index (κ3) is 9.96. The standard InChI is InChI=1S/C40H58O5Si/c1-30(27-44-29-34-19-13-10-14-20-34)25-37(42-8)39(43-9)32(3)26-31(2)38(41)33(4)28-45-46(40(5,6)7,35-21-15-11-16-22-35)36-23-17-12-18-24-36/h10-24,26,30,32-33,37-39,41H,25,27-29H2,1-9H3/b31-26+/t30-,32-,33-,37-,38-,39+/m0/s1. The second-order valence-corrected chi connectivity index (χ2v) is 18.3. The molecule has 0 aliphatic carbocycles. The summed E-state index contributed by atoms with van der Waals surface area (Å²) in [5, 5.41) is 13.9. The van der Waals surface area contributed by atoms with E-state index in [1.54, 1.807) is 14.2 Å². The summed E-state index contributed by atoms with van der Waals surface area (Å²) in [4.78, 5) is 0. The van der Waals surface area contributed by atoms with Gasteiger partial charge in [-0.1, -0.05) is 139 Å². The average molecular weight is 647 g/mol. The van der Waals surface area contributed by atoms with Gasteiger partial charge in [0.05, 0.1) is 24.9 Å². The first kappa shape index (κ1) is 37.9. The fourth-order valence-electron chi connectivity index (χ4n) is 6.65. The SMILES string of the molecule is CO[C@@H]([C@H](C[C@H](C)COCc1ccccc1)OC)[C@@H](C)/C=C(\C)[C@H](O)[C@@H](C)CO[Si](c1ccccc1)(c1ccccc1)C(C)(C)C. The van der Waals surface area contributed by atoms with E-state index >= 15 is 0 Å². The topological polar surface area (TPSA) is 57.2 Å². The van der Waals surface area contributed by atoms with Crippen LogP contribution < -0.4 is 10.4 Å². The highest BCUT2D eigenvalue weighted by molar-refractivity contribution is 6.99. The molecule has 0 aliphatic rings. The first-order chi connectivity index (χ1) is 21.9. The highest BCUT2D eigenvalue weighted by Crippen LogP contribution is 2.37. The zero-order valence-corrected chi connectivity index (χ0v) is 30.6. The number of aliphatic hydroxyl groups excluding tert-OH is 1. The molecule has 0 radical (unpaired) electrons. The van der Waals surface area contributed by atoms with Crippen molar-refractivity contribution < 1.29 is 23.7 Å². The Labute approximate surface area is 280 Å². The molecule has 3 aromatic rings. The van der Waals surface area contributed by atoms with E-state index in [2.05, 4.69) is 120 Å². The van der Waals surface area contributed by atoms with Gasteiger partial charge in [-0.2, -0.15) is 0 Å². The van der Waals surface area contributed by atoms with Crippen molar-refractivity contribution in [1.82, 2.24) is 0 Å². The molecule has 0 heterocycles. The maximum absolute atomic E-state index is 11.5. The monoisotopic (exact) mass is 646 g/mol. The third-order valence-corrected chi connectivity index (χ3v) is 14.1. The van der Waals surface area contributed by atoms with Gasteiger partial charge in [-0.25, -0.2) is 0 Å². The maximum Gasteiger partial charge on any atom is 0.261 e. The lowest BCUT2D eigenvalue weighted by Gasteiger charge is -2.43. The molecule has 0 saturated carbocycles. The summed E-state index contributed by atoms with van der Waals surface area (Å²) in [5.74, 6) is 0.228. The van der Waals surface area contributed by atoms with E-state index in [1.165, 1.54) is 15.9 Å². The van der Waals surface area contributed by atoms with Gasteiger partial charge in [-0.15, -0.1) is 0 Å². The van der Waals surface area contributed by atoms with Crippen molar-refractivity contribution in [1.29, 1.82) is 0 Å². The van der Waals surface area contributed by atoms with Gasteiger partial charge in [0.1, 0.15) is 0 Å². The van der Waals surface area contributed by atoms with Gasteiger partial charge in [-0.05, 0) is 45.8 Å². The highest BCUT2D eigenvalue weighted by Gasteiger charge is 2.50. The Bertz CT molecular complexity index is 1250. The number of benzene rings is 3. The summed E-state index contributed by atoms with van der Waals surface area (Å²) < 4.78 is 25.1. The normalized spacial score (nSPS) is 16.8. The van der Waals surface area contributed by atoms with Gasteiger partial charge in [-0.3, -0.25) is 0 Å². The van der Waals surface area contributed by atoms with E-state index in [9.17, 15) is 5.11 Å². The minimum atomic E-state index is -2.69. The average Bonchev–Trinajstić information content (AvgIpc) is 3.05. The minimum absolute atomic E-state index is 0.0341. The molecule has 0 amide bonds. The van der Waals surface area contributed by atoms with Crippen LogP contribution in [0, 0.1) is 17.8 Å². The molecule has 6 heteroatoms. The van der Waals surface area contributed by atoms with Gasteiger partial charge in [0.25, 0.3) is 8.32 Å². The molecule has 0 saturated heterocycles. The molecule has 0 aliphatic heterocycles. The van der Waals surface area contributed by atoms with Crippen LogP contribution in [0.1, 0.15) is 60.5 Å². The number of ether oxygens (including phenoxy) is 3. The predicted molar refractivity (Wildman–Crippen MR) is 193 cm³/mol. The molecule has 3 aromatic carbocycles. The molecule has 0 fully saturated rings. The maximum atomic E-state index is 11.5. The summed E-state index contributed by atoms with van der Waals surface area (Å²) in [6.07, 6.45) is 2.04. The molecular formula is C40H58O5Si. The number of hydrogen-bond acceptors (Lipinski definition) is 5. The quantitative estimate of drug-likeness (QED) is 0.115. The van der Waals surface area contributed by atoms with Crippen molar-refractivity contribution >= 4 is 18.7 Å². The van der Waals surface area contributed by atoms with Crippen molar-refractivity contribution in [3.63, 3.8) is 0 Å². The van der Waals surface area contributed by atoms with Crippen LogP contribution in [0.5, 0.6) is 0 Å². The molecule has 5 nitrogen and oxygen atoms in total. The van der Waals surface area contributed by atoms with Crippen LogP contribution in [-0.2, 0) is 25.2 Å². The lowest BCUT2D eigenvalue weighted by molar-refractivity contribution is -0.0665. The van der Waals surface area contributed by atoms with Crippen LogP contribution in [0.15, 0.2) is 103 Å². The smallest absolute Gasteiger partial charge is 0.261 e. The first-order valence-electron chi connectivity index (χ1n) is 16.7. The van der Waals surface area contributed by atoms with Gasteiger partial charge in [0.15, 0.2) is 0 Å². The van der Waals surface area contributed by atoms with Gasteiger partial charge in [0, 0.05) is 39.3 Å². The van der Waals surface area contributed by atoms with Crippen LogP contribution in [0.3, 0.4) is 0 Å². The second kappa shape index (κ2) is 18.1. The zero-order valence-electron chi connectivity index (χ0n) is 29.6. The molecule has 1 N–H and O–H groups in total. The molecule has 0 bridgehead atoms. The third-order valence-electron chi connectivity index (χ3n) is 9.12.